The smallest absolute Gasteiger partial charge is 0.243 e. The zero-order chi connectivity index (χ0) is 21.3. The maximum atomic E-state index is 13.1. The van der Waals surface area contributed by atoms with Gasteiger partial charge in [-0.2, -0.15) is 9.57 Å². The third kappa shape index (κ3) is 4.54. The lowest BCUT2D eigenvalue weighted by Gasteiger charge is -2.36. The van der Waals surface area contributed by atoms with Crippen molar-refractivity contribution in [3.05, 3.63) is 28.8 Å². The van der Waals surface area contributed by atoms with Gasteiger partial charge in [0.15, 0.2) is 0 Å². The second kappa shape index (κ2) is 8.19. The summed E-state index contributed by atoms with van der Waals surface area (Å²) in [6.07, 6.45) is 0. The molecule has 1 amide bonds. The van der Waals surface area contributed by atoms with E-state index < -0.39 is 15.6 Å². The summed E-state index contributed by atoms with van der Waals surface area (Å²) in [5, 5.41) is 9.18. The molecule has 0 N–H and O–H groups in total. The summed E-state index contributed by atoms with van der Waals surface area (Å²) in [5.74, 6) is -0.145. The van der Waals surface area contributed by atoms with Gasteiger partial charge in [0.25, 0.3) is 0 Å². The normalized spacial score (nSPS) is 16.6. The van der Waals surface area contributed by atoms with Gasteiger partial charge in [-0.1, -0.05) is 17.7 Å². The van der Waals surface area contributed by atoms with Crippen LogP contribution in [0.3, 0.4) is 0 Å². The van der Waals surface area contributed by atoms with Gasteiger partial charge in [-0.3, -0.25) is 9.69 Å². The van der Waals surface area contributed by atoms with Crippen LogP contribution in [-0.4, -0.2) is 73.7 Å². The molecule has 1 aliphatic heterocycles. The zero-order valence-corrected chi connectivity index (χ0v) is 18.4. The fourth-order valence-electron chi connectivity index (χ4n) is 3.51. The molecule has 1 fully saturated rings. The first-order valence-electron chi connectivity index (χ1n) is 9.38. The molecule has 1 saturated heterocycles. The average molecular weight is 407 g/mol. The first-order valence-corrected chi connectivity index (χ1v) is 10.8. The van der Waals surface area contributed by atoms with E-state index in [1.807, 2.05) is 37.8 Å². The lowest BCUT2D eigenvalue weighted by molar-refractivity contribution is -0.134. The molecule has 1 aromatic rings. The van der Waals surface area contributed by atoms with E-state index in [0.29, 0.717) is 31.1 Å². The molecule has 8 heteroatoms. The summed E-state index contributed by atoms with van der Waals surface area (Å²) in [6, 6.07) is 5.90. The maximum absolute atomic E-state index is 13.1. The number of benzene rings is 1. The van der Waals surface area contributed by atoms with Gasteiger partial charge in [-0.15, -0.1) is 0 Å². The summed E-state index contributed by atoms with van der Waals surface area (Å²) in [6.45, 7) is 10.8. The van der Waals surface area contributed by atoms with Crippen molar-refractivity contribution in [1.29, 1.82) is 5.26 Å². The first-order chi connectivity index (χ1) is 12.9. The Bertz CT molecular complexity index is 872. The summed E-state index contributed by atoms with van der Waals surface area (Å²) in [7, 11) is -1.95. The van der Waals surface area contributed by atoms with Crippen LogP contribution in [0.15, 0.2) is 17.0 Å². The van der Waals surface area contributed by atoms with Gasteiger partial charge in [0, 0.05) is 33.2 Å². The summed E-state index contributed by atoms with van der Waals surface area (Å²) >= 11 is 0. The number of carbonyl (C=O) groups is 1. The number of hydrogen-bond acceptors (Lipinski definition) is 5. The Hall–Kier alpha value is -1.95. The van der Waals surface area contributed by atoms with Gasteiger partial charge in [-0.05, 0) is 45.7 Å². The number of likely N-dealkylation sites (N-methyl/N-ethyl adjacent to an activating group) is 1. The standard InChI is InChI=1S/C20H30N4O3S/c1-15-11-16(2)19(17(3)12-15)28(26,27)24-9-7-23(8-10-24)13-18(25)22(6)20(4,5)14-21/h11-12H,7-10,13H2,1-6H3. The fourth-order valence-corrected chi connectivity index (χ4v) is 5.35. The van der Waals surface area contributed by atoms with E-state index >= 15 is 0 Å². The van der Waals surface area contributed by atoms with E-state index in [2.05, 4.69) is 6.07 Å². The van der Waals surface area contributed by atoms with Crippen LogP contribution in [0.4, 0.5) is 0 Å². The Balaban J connectivity index is 2.06. The van der Waals surface area contributed by atoms with Gasteiger partial charge in [0.2, 0.25) is 15.9 Å². The topological polar surface area (TPSA) is 84.7 Å². The Labute approximate surface area is 168 Å². The molecule has 1 aliphatic rings. The largest absolute Gasteiger partial charge is 0.326 e. The summed E-state index contributed by atoms with van der Waals surface area (Å²) in [5.41, 5.74) is 1.69. The molecule has 0 spiro atoms. The van der Waals surface area contributed by atoms with Crippen molar-refractivity contribution in [2.75, 3.05) is 39.8 Å². The highest BCUT2D eigenvalue weighted by atomic mass is 32.2. The van der Waals surface area contributed by atoms with Crippen molar-refractivity contribution in [3.63, 3.8) is 0 Å². The minimum atomic E-state index is -3.57. The highest BCUT2D eigenvalue weighted by Crippen LogP contribution is 2.26. The number of piperazine rings is 1. The Morgan fingerprint density at radius 2 is 1.64 bits per heavy atom. The lowest BCUT2D eigenvalue weighted by atomic mass is 10.1. The van der Waals surface area contributed by atoms with E-state index in [9.17, 15) is 18.5 Å². The maximum Gasteiger partial charge on any atom is 0.243 e. The van der Waals surface area contributed by atoms with Crippen molar-refractivity contribution >= 4 is 15.9 Å². The van der Waals surface area contributed by atoms with Crippen LogP contribution in [0.1, 0.15) is 30.5 Å². The van der Waals surface area contributed by atoms with E-state index in [0.717, 1.165) is 16.7 Å². The highest BCUT2D eigenvalue weighted by molar-refractivity contribution is 7.89. The monoisotopic (exact) mass is 406 g/mol. The predicted octanol–water partition coefficient (Wildman–Crippen LogP) is 1.68. The van der Waals surface area contributed by atoms with Crippen LogP contribution >= 0.6 is 0 Å². The molecule has 0 radical (unpaired) electrons. The third-order valence-corrected chi connectivity index (χ3v) is 7.58. The average Bonchev–Trinajstić information content (AvgIpc) is 2.60. The summed E-state index contributed by atoms with van der Waals surface area (Å²) < 4.78 is 27.8. The molecule has 0 unspecified atom stereocenters. The molecule has 28 heavy (non-hydrogen) atoms. The van der Waals surface area contributed by atoms with Crippen LogP contribution in [0.2, 0.25) is 0 Å². The Kier molecular flexibility index (Phi) is 6.54. The van der Waals surface area contributed by atoms with Crippen LogP contribution in [0, 0.1) is 32.1 Å². The molecule has 1 aromatic carbocycles. The number of hydrogen-bond donors (Lipinski definition) is 0. The number of sulfonamides is 1. The molecule has 2 rings (SSSR count). The minimum Gasteiger partial charge on any atom is -0.326 e. The van der Waals surface area contributed by atoms with E-state index in [-0.39, 0.29) is 12.5 Å². The molecule has 0 atom stereocenters. The first kappa shape index (κ1) is 22.3. The number of amides is 1. The molecular formula is C20H30N4O3S. The van der Waals surface area contributed by atoms with Gasteiger partial charge in [0.05, 0.1) is 17.5 Å². The number of nitriles is 1. The van der Waals surface area contributed by atoms with Crippen molar-refractivity contribution in [2.24, 2.45) is 0 Å². The van der Waals surface area contributed by atoms with Crippen LogP contribution in [-0.2, 0) is 14.8 Å². The zero-order valence-electron chi connectivity index (χ0n) is 17.6. The van der Waals surface area contributed by atoms with Gasteiger partial charge in [-0.25, -0.2) is 8.42 Å². The molecule has 7 nitrogen and oxygen atoms in total. The van der Waals surface area contributed by atoms with Crippen LogP contribution < -0.4 is 0 Å². The molecule has 0 saturated carbocycles. The van der Waals surface area contributed by atoms with Crippen molar-refractivity contribution in [1.82, 2.24) is 14.1 Å². The molecule has 0 bridgehead atoms. The predicted molar refractivity (Wildman–Crippen MR) is 108 cm³/mol. The Morgan fingerprint density at radius 3 is 2.11 bits per heavy atom. The lowest BCUT2D eigenvalue weighted by Crippen LogP contribution is -2.53. The van der Waals surface area contributed by atoms with Gasteiger partial charge in [0.1, 0.15) is 5.54 Å². The molecule has 0 aliphatic carbocycles. The van der Waals surface area contributed by atoms with Crippen LogP contribution in [0.5, 0.6) is 0 Å². The van der Waals surface area contributed by atoms with Crippen LogP contribution in [0.25, 0.3) is 0 Å². The number of nitrogens with zero attached hydrogens (tertiary/aromatic N) is 4. The van der Waals surface area contributed by atoms with E-state index in [1.54, 1.807) is 20.9 Å². The van der Waals surface area contributed by atoms with E-state index in [1.165, 1.54) is 9.21 Å². The second-order valence-corrected chi connectivity index (χ2v) is 9.91. The number of rotatable bonds is 5. The SMILES string of the molecule is Cc1cc(C)c(S(=O)(=O)N2CCN(CC(=O)N(C)C(C)(C)C#N)CC2)c(C)c1. The third-order valence-electron chi connectivity index (χ3n) is 5.38. The Morgan fingerprint density at radius 1 is 1.14 bits per heavy atom. The fraction of sp³-hybridized carbons (Fsp3) is 0.600. The van der Waals surface area contributed by atoms with Crippen molar-refractivity contribution < 1.29 is 13.2 Å². The quantitative estimate of drug-likeness (QED) is 0.743. The van der Waals surface area contributed by atoms with Crippen molar-refractivity contribution in [3.8, 4) is 6.07 Å². The van der Waals surface area contributed by atoms with Gasteiger partial charge >= 0.3 is 0 Å². The van der Waals surface area contributed by atoms with E-state index in [4.69, 9.17) is 0 Å². The molecule has 1 heterocycles. The molecule has 0 aromatic heterocycles. The van der Waals surface area contributed by atoms with Crippen molar-refractivity contribution in [2.45, 2.75) is 45.1 Å². The summed E-state index contributed by atoms with van der Waals surface area (Å²) in [4.78, 5) is 16.2. The minimum absolute atomic E-state index is 0.145. The highest BCUT2D eigenvalue weighted by Gasteiger charge is 2.33. The molecular weight excluding hydrogens is 376 g/mol. The number of aryl methyl sites for hydroxylation is 3. The second-order valence-electron chi connectivity index (χ2n) is 8.03. The number of carbonyl (C=O) groups excluding carboxylic acids is 1. The van der Waals surface area contributed by atoms with Gasteiger partial charge < -0.3 is 4.90 Å². The molecule has 154 valence electrons.